The summed E-state index contributed by atoms with van der Waals surface area (Å²) in [5.74, 6) is 0.640. The topological polar surface area (TPSA) is 20.2 Å². The monoisotopic (exact) mass is 311 g/mol. The molecule has 2 nitrogen and oxygen atoms in total. The van der Waals surface area contributed by atoms with Crippen molar-refractivity contribution in [2.45, 2.75) is 38.7 Å². The number of aliphatic hydroxyl groups is 1. The maximum absolute atomic E-state index is 9.85. The summed E-state index contributed by atoms with van der Waals surface area (Å²) in [6.07, 6.45) is 5.17. The number of aliphatic hydroxyl groups excluding tert-OH is 1. The highest BCUT2D eigenvalue weighted by molar-refractivity contribution is 4.79. The lowest BCUT2D eigenvalue weighted by Gasteiger charge is -2.51. The van der Waals surface area contributed by atoms with E-state index in [2.05, 4.69) is 6.92 Å². The first-order chi connectivity index (χ1) is 6.26. The highest BCUT2D eigenvalue weighted by atomic mass is 127. The molecule has 3 aliphatic rings. The summed E-state index contributed by atoms with van der Waals surface area (Å²) in [4.78, 5) is 0. The number of hydrogen-bond donors (Lipinski definition) is 1. The Morgan fingerprint density at radius 2 is 1.93 bits per heavy atom. The highest BCUT2D eigenvalue weighted by Gasteiger charge is 2.44. The van der Waals surface area contributed by atoms with Crippen LogP contribution in [0.3, 0.4) is 0 Å². The van der Waals surface area contributed by atoms with E-state index in [1.807, 2.05) is 0 Å². The Morgan fingerprint density at radius 1 is 1.29 bits per heavy atom. The molecule has 1 atom stereocenters. The van der Waals surface area contributed by atoms with E-state index in [4.69, 9.17) is 0 Å². The van der Waals surface area contributed by atoms with Crippen LogP contribution in [0.25, 0.3) is 0 Å². The minimum absolute atomic E-state index is 0. The first-order valence-corrected chi connectivity index (χ1v) is 5.79. The van der Waals surface area contributed by atoms with Gasteiger partial charge >= 0.3 is 0 Å². The molecule has 0 aromatic carbocycles. The van der Waals surface area contributed by atoms with Crippen LogP contribution in [0.2, 0.25) is 0 Å². The Labute approximate surface area is 104 Å². The summed E-state index contributed by atoms with van der Waals surface area (Å²) in [6.45, 7) is 7.28. The van der Waals surface area contributed by atoms with E-state index in [0.717, 1.165) is 6.54 Å². The molecule has 3 saturated heterocycles. The fourth-order valence-corrected chi connectivity index (χ4v) is 3.06. The van der Waals surface area contributed by atoms with Crippen molar-refractivity contribution in [1.29, 1.82) is 0 Å². The van der Waals surface area contributed by atoms with Gasteiger partial charge in [-0.05, 0) is 6.42 Å². The van der Waals surface area contributed by atoms with Gasteiger partial charge in [0.2, 0.25) is 0 Å². The number of piperidine rings is 3. The van der Waals surface area contributed by atoms with Crippen LogP contribution in [-0.2, 0) is 0 Å². The molecule has 1 N–H and O–H groups in total. The Bertz CT molecular complexity index is 178. The number of quaternary nitrogens is 1. The molecule has 1 unspecified atom stereocenters. The molecular formula is C11H22INO. The van der Waals surface area contributed by atoms with E-state index in [1.165, 1.54) is 49.8 Å². The molecule has 0 amide bonds. The van der Waals surface area contributed by atoms with Crippen molar-refractivity contribution >= 4 is 0 Å². The van der Waals surface area contributed by atoms with Gasteiger partial charge in [0.1, 0.15) is 12.6 Å². The molecule has 2 bridgehead atoms. The van der Waals surface area contributed by atoms with Crippen LogP contribution in [0.4, 0.5) is 0 Å². The van der Waals surface area contributed by atoms with Crippen LogP contribution in [-0.4, -0.2) is 41.9 Å². The molecule has 3 heterocycles. The molecule has 0 radical (unpaired) electrons. The average Bonchev–Trinajstić information content (AvgIpc) is 2.16. The van der Waals surface area contributed by atoms with E-state index in [9.17, 15) is 5.11 Å². The second kappa shape index (κ2) is 5.12. The van der Waals surface area contributed by atoms with E-state index in [-0.39, 0.29) is 30.1 Å². The zero-order chi connectivity index (χ0) is 9.31. The fourth-order valence-electron chi connectivity index (χ4n) is 3.06. The zero-order valence-corrected chi connectivity index (χ0v) is 11.2. The van der Waals surface area contributed by atoms with Crippen molar-refractivity contribution < 1.29 is 33.6 Å². The zero-order valence-electron chi connectivity index (χ0n) is 9.08. The SMILES string of the molecule is CCCC[N+]12CCC(CC1)C(O)C2.[I-]. The Kier molecular flexibility index (Phi) is 4.65. The normalized spacial score (nSPS) is 40.7. The standard InChI is InChI=1S/C11H22NO.HI/c1-2-3-6-12-7-4-10(5-8-12)11(13)9-12;/h10-11,13H,2-9H2,1H3;1H/q+1;/p-1. The van der Waals surface area contributed by atoms with E-state index in [0.29, 0.717) is 5.92 Å². The summed E-state index contributed by atoms with van der Waals surface area (Å²) in [5.41, 5.74) is 0. The van der Waals surface area contributed by atoms with E-state index >= 15 is 0 Å². The molecule has 14 heavy (non-hydrogen) atoms. The summed E-state index contributed by atoms with van der Waals surface area (Å²) in [6, 6.07) is 0. The maximum atomic E-state index is 9.85. The molecule has 3 rings (SSSR count). The van der Waals surface area contributed by atoms with Gasteiger partial charge in [0.25, 0.3) is 0 Å². The molecule has 0 aromatic heterocycles. The van der Waals surface area contributed by atoms with Gasteiger partial charge in [0.05, 0.1) is 19.6 Å². The third kappa shape index (κ3) is 2.42. The quantitative estimate of drug-likeness (QED) is 0.491. The van der Waals surface area contributed by atoms with Gasteiger partial charge in [-0.3, -0.25) is 0 Å². The van der Waals surface area contributed by atoms with Gasteiger partial charge < -0.3 is 33.6 Å². The Balaban J connectivity index is 0.000000980. The molecule has 3 fully saturated rings. The summed E-state index contributed by atoms with van der Waals surface area (Å²) in [5, 5.41) is 9.85. The third-order valence-corrected chi connectivity index (χ3v) is 4.05. The van der Waals surface area contributed by atoms with Crippen LogP contribution >= 0.6 is 0 Å². The van der Waals surface area contributed by atoms with Crippen molar-refractivity contribution in [3.05, 3.63) is 0 Å². The molecule has 0 aliphatic carbocycles. The van der Waals surface area contributed by atoms with Gasteiger partial charge in [-0.15, -0.1) is 0 Å². The van der Waals surface area contributed by atoms with Crippen molar-refractivity contribution in [3.63, 3.8) is 0 Å². The summed E-state index contributed by atoms with van der Waals surface area (Å²) >= 11 is 0. The predicted molar refractivity (Wildman–Crippen MR) is 53.4 cm³/mol. The summed E-state index contributed by atoms with van der Waals surface area (Å²) < 4.78 is 1.23. The molecular weight excluding hydrogens is 289 g/mol. The lowest BCUT2D eigenvalue weighted by atomic mass is 9.83. The van der Waals surface area contributed by atoms with Crippen LogP contribution in [0.1, 0.15) is 32.6 Å². The van der Waals surface area contributed by atoms with Crippen LogP contribution in [0.15, 0.2) is 0 Å². The second-order valence-corrected chi connectivity index (χ2v) is 4.95. The fraction of sp³-hybridized carbons (Fsp3) is 1.00. The van der Waals surface area contributed by atoms with Crippen molar-refractivity contribution in [1.82, 2.24) is 0 Å². The number of hydrogen-bond acceptors (Lipinski definition) is 1. The molecule has 84 valence electrons. The van der Waals surface area contributed by atoms with Gasteiger partial charge in [-0.1, -0.05) is 13.3 Å². The average molecular weight is 311 g/mol. The van der Waals surface area contributed by atoms with E-state index < -0.39 is 0 Å². The Hall–Kier alpha value is 0.650. The predicted octanol–water partition coefficient (Wildman–Crippen LogP) is -1.61. The number of rotatable bonds is 3. The number of halogens is 1. The van der Waals surface area contributed by atoms with Crippen molar-refractivity contribution in [3.8, 4) is 0 Å². The number of nitrogens with zero attached hydrogens (tertiary/aromatic N) is 1. The van der Waals surface area contributed by atoms with E-state index in [1.54, 1.807) is 0 Å². The number of unbranched alkanes of at least 4 members (excludes halogenated alkanes) is 1. The minimum atomic E-state index is 0. The first kappa shape index (κ1) is 12.7. The largest absolute Gasteiger partial charge is 1.00 e. The van der Waals surface area contributed by atoms with Gasteiger partial charge in [0.15, 0.2) is 0 Å². The molecule has 0 spiro atoms. The van der Waals surface area contributed by atoms with Crippen molar-refractivity contribution in [2.75, 3.05) is 26.2 Å². The maximum Gasteiger partial charge on any atom is 0.106 e. The van der Waals surface area contributed by atoms with Crippen molar-refractivity contribution in [2.24, 2.45) is 5.92 Å². The molecule has 3 aliphatic heterocycles. The first-order valence-electron chi connectivity index (χ1n) is 5.79. The number of fused-ring (bicyclic) bond motifs is 3. The third-order valence-electron chi connectivity index (χ3n) is 4.05. The highest BCUT2D eigenvalue weighted by Crippen LogP contribution is 2.33. The van der Waals surface area contributed by atoms with Crippen LogP contribution in [0, 0.1) is 5.92 Å². The lowest BCUT2D eigenvalue weighted by Crippen LogP contribution is -3.00. The van der Waals surface area contributed by atoms with Gasteiger partial charge in [0, 0.05) is 18.8 Å². The van der Waals surface area contributed by atoms with Gasteiger partial charge in [-0.2, -0.15) is 0 Å². The Morgan fingerprint density at radius 3 is 2.43 bits per heavy atom. The lowest BCUT2D eigenvalue weighted by molar-refractivity contribution is -0.946. The molecule has 3 heteroatoms. The summed E-state index contributed by atoms with van der Waals surface area (Å²) in [7, 11) is 0. The van der Waals surface area contributed by atoms with Crippen LogP contribution < -0.4 is 24.0 Å². The van der Waals surface area contributed by atoms with Crippen LogP contribution in [0.5, 0.6) is 0 Å². The molecule has 0 aromatic rings. The molecule has 0 saturated carbocycles. The smallest absolute Gasteiger partial charge is 0.106 e. The second-order valence-electron chi connectivity index (χ2n) is 4.95. The van der Waals surface area contributed by atoms with Gasteiger partial charge in [-0.25, -0.2) is 0 Å². The minimum Gasteiger partial charge on any atom is -1.00 e.